The molecule has 1 aromatic carbocycles. The minimum Gasteiger partial charge on any atom is -0.396 e. The fourth-order valence-electron chi connectivity index (χ4n) is 3.03. The van der Waals surface area contributed by atoms with Crippen LogP contribution >= 0.6 is 0 Å². The van der Waals surface area contributed by atoms with Gasteiger partial charge in [-0.05, 0) is 18.9 Å². The zero-order valence-electron chi connectivity index (χ0n) is 14.1. The highest BCUT2D eigenvalue weighted by Crippen LogP contribution is 2.28. The lowest BCUT2D eigenvalue weighted by Crippen LogP contribution is -2.36. The summed E-state index contributed by atoms with van der Waals surface area (Å²) in [7, 11) is 3.16. The average Bonchev–Trinajstić information content (AvgIpc) is 2.96. The number of nitrogens with zero attached hydrogens (tertiary/aromatic N) is 3. The minimum atomic E-state index is -0.345. The van der Waals surface area contributed by atoms with Gasteiger partial charge in [-0.2, -0.15) is 0 Å². The third kappa shape index (κ3) is 2.49. The maximum atomic E-state index is 12.7. The van der Waals surface area contributed by atoms with E-state index in [2.05, 4.69) is 0 Å². The monoisotopic (exact) mass is 327 g/mol. The summed E-state index contributed by atoms with van der Waals surface area (Å²) >= 11 is 0. The van der Waals surface area contributed by atoms with Crippen molar-refractivity contribution < 1.29 is 5.11 Å². The Kier molecular flexibility index (Phi) is 4.15. The zero-order chi connectivity index (χ0) is 17.4. The van der Waals surface area contributed by atoms with Crippen molar-refractivity contribution in [3.63, 3.8) is 0 Å². The number of aryl methyl sites for hydroxylation is 3. The van der Waals surface area contributed by atoms with Crippen LogP contribution in [0.25, 0.3) is 22.2 Å². The molecule has 0 radical (unpaired) electrons. The van der Waals surface area contributed by atoms with Gasteiger partial charge in [0.05, 0.1) is 16.6 Å². The van der Waals surface area contributed by atoms with E-state index in [0.717, 1.165) is 21.4 Å². The number of aromatic nitrogens is 3. The Bertz CT molecular complexity index is 1010. The van der Waals surface area contributed by atoms with Crippen molar-refractivity contribution in [3.8, 4) is 11.3 Å². The van der Waals surface area contributed by atoms with Crippen LogP contribution in [0.1, 0.15) is 12.0 Å². The molecule has 1 N–H and O–H groups in total. The standard InChI is InChI=1S/C18H21N3O3/c1-12-5-7-13(8-6-12)16-15-14(11-21(16)9-4-10-22)19(2)18(24)20(3)17(15)23/h5-8,11,22H,4,9-10H2,1-3H3. The van der Waals surface area contributed by atoms with Crippen LogP contribution in [0.4, 0.5) is 0 Å². The number of fused-ring (bicyclic) bond motifs is 1. The van der Waals surface area contributed by atoms with Crippen molar-refractivity contribution in [1.82, 2.24) is 13.7 Å². The first-order valence-corrected chi connectivity index (χ1v) is 7.92. The lowest BCUT2D eigenvalue weighted by Gasteiger charge is -2.09. The van der Waals surface area contributed by atoms with Gasteiger partial charge in [-0.15, -0.1) is 0 Å². The van der Waals surface area contributed by atoms with E-state index in [4.69, 9.17) is 5.11 Å². The Morgan fingerprint density at radius 3 is 2.33 bits per heavy atom. The molecule has 24 heavy (non-hydrogen) atoms. The number of benzene rings is 1. The summed E-state index contributed by atoms with van der Waals surface area (Å²) in [4.78, 5) is 24.9. The quantitative estimate of drug-likeness (QED) is 0.787. The average molecular weight is 327 g/mol. The van der Waals surface area contributed by atoms with E-state index < -0.39 is 0 Å². The Morgan fingerprint density at radius 2 is 1.71 bits per heavy atom. The normalized spacial score (nSPS) is 11.3. The molecule has 2 heterocycles. The molecular weight excluding hydrogens is 306 g/mol. The molecule has 0 aliphatic carbocycles. The van der Waals surface area contributed by atoms with E-state index in [1.165, 1.54) is 11.6 Å². The summed E-state index contributed by atoms with van der Waals surface area (Å²) in [5, 5.41) is 9.69. The molecule has 0 aliphatic heterocycles. The van der Waals surface area contributed by atoms with E-state index in [1.807, 2.05) is 42.0 Å². The summed E-state index contributed by atoms with van der Waals surface area (Å²) in [5.74, 6) is 0. The summed E-state index contributed by atoms with van der Waals surface area (Å²) in [6.45, 7) is 2.65. The van der Waals surface area contributed by atoms with Gasteiger partial charge in [0, 0.05) is 33.4 Å². The van der Waals surface area contributed by atoms with Crippen molar-refractivity contribution >= 4 is 10.9 Å². The SMILES string of the molecule is Cc1ccc(-c2c3c(=O)n(C)c(=O)n(C)c3cn2CCCO)cc1. The highest BCUT2D eigenvalue weighted by molar-refractivity contribution is 5.93. The van der Waals surface area contributed by atoms with E-state index >= 15 is 0 Å². The summed E-state index contributed by atoms with van der Waals surface area (Å²) in [5.41, 5.74) is 2.81. The molecule has 0 atom stereocenters. The first kappa shape index (κ1) is 16.3. The van der Waals surface area contributed by atoms with Crippen molar-refractivity contribution in [2.45, 2.75) is 19.9 Å². The van der Waals surface area contributed by atoms with Gasteiger partial charge in [0.2, 0.25) is 0 Å². The lowest BCUT2D eigenvalue weighted by atomic mass is 10.1. The highest BCUT2D eigenvalue weighted by atomic mass is 16.3. The molecule has 2 aromatic heterocycles. The molecule has 6 nitrogen and oxygen atoms in total. The third-order valence-electron chi connectivity index (χ3n) is 4.39. The molecule has 6 heteroatoms. The predicted octanol–water partition coefficient (Wildman–Crippen LogP) is 1.40. The van der Waals surface area contributed by atoms with E-state index in [1.54, 1.807) is 7.05 Å². The number of hydrogen-bond donors (Lipinski definition) is 1. The largest absolute Gasteiger partial charge is 0.396 e. The van der Waals surface area contributed by atoms with Crippen molar-refractivity contribution in [2.75, 3.05) is 6.61 Å². The number of hydrogen-bond acceptors (Lipinski definition) is 3. The number of aliphatic hydroxyl groups is 1. The molecule has 3 aromatic rings. The van der Waals surface area contributed by atoms with Crippen LogP contribution in [0, 0.1) is 6.92 Å². The molecule has 0 saturated carbocycles. The van der Waals surface area contributed by atoms with E-state index in [-0.39, 0.29) is 17.9 Å². The first-order chi connectivity index (χ1) is 11.5. The Morgan fingerprint density at radius 1 is 1.04 bits per heavy atom. The Hall–Kier alpha value is -2.60. The molecule has 3 rings (SSSR count). The summed E-state index contributed by atoms with van der Waals surface area (Å²) in [6.07, 6.45) is 2.40. The van der Waals surface area contributed by atoms with Gasteiger partial charge < -0.3 is 9.67 Å². The number of rotatable bonds is 4. The van der Waals surface area contributed by atoms with Gasteiger partial charge in [0.15, 0.2) is 0 Å². The van der Waals surface area contributed by atoms with Crippen LogP contribution in [0.15, 0.2) is 40.1 Å². The topological polar surface area (TPSA) is 69.2 Å². The lowest BCUT2D eigenvalue weighted by molar-refractivity contribution is 0.280. The third-order valence-corrected chi connectivity index (χ3v) is 4.39. The van der Waals surface area contributed by atoms with Crippen LogP contribution in [-0.2, 0) is 20.6 Å². The van der Waals surface area contributed by atoms with Gasteiger partial charge in [-0.1, -0.05) is 29.8 Å². The molecule has 0 spiro atoms. The maximum Gasteiger partial charge on any atom is 0.330 e. The van der Waals surface area contributed by atoms with Crippen LogP contribution < -0.4 is 11.2 Å². The van der Waals surface area contributed by atoms with Crippen molar-refractivity contribution in [2.24, 2.45) is 14.1 Å². The van der Waals surface area contributed by atoms with Crippen LogP contribution in [0.5, 0.6) is 0 Å². The first-order valence-electron chi connectivity index (χ1n) is 7.92. The summed E-state index contributed by atoms with van der Waals surface area (Å²) < 4.78 is 4.58. The molecule has 0 bridgehead atoms. The second kappa shape index (κ2) is 6.13. The molecular formula is C18H21N3O3. The molecule has 0 unspecified atom stereocenters. The smallest absolute Gasteiger partial charge is 0.330 e. The molecule has 0 fully saturated rings. The molecule has 0 amide bonds. The molecule has 0 saturated heterocycles. The van der Waals surface area contributed by atoms with E-state index in [9.17, 15) is 9.59 Å². The number of aliphatic hydroxyl groups excluding tert-OH is 1. The predicted molar refractivity (Wildman–Crippen MR) is 94.3 cm³/mol. The fourth-order valence-corrected chi connectivity index (χ4v) is 3.03. The maximum absolute atomic E-state index is 12.7. The Balaban J connectivity index is 2.41. The zero-order valence-corrected chi connectivity index (χ0v) is 14.1. The van der Waals surface area contributed by atoms with Crippen molar-refractivity contribution in [3.05, 3.63) is 56.9 Å². The second-order valence-corrected chi connectivity index (χ2v) is 6.08. The van der Waals surface area contributed by atoms with Gasteiger partial charge in [-0.3, -0.25) is 13.9 Å². The fraction of sp³-hybridized carbons (Fsp3) is 0.333. The van der Waals surface area contributed by atoms with Gasteiger partial charge in [-0.25, -0.2) is 4.79 Å². The molecule has 0 aliphatic rings. The van der Waals surface area contributed by atoms with Crippen LogP contribution in [0.3, 0.4) is 0 Å². The molecule has 126 valence electrons. The minimum absolute atomic E-state index is 0.0683. The Labute approximate surface area is 139 Å². The highest BCUT2D eigenvalue weighted by Gasteiger charge is 2.18. The van der Waals surface area contributed by atoms with E-state index in [0.29, 0.717) is 23.9 Å². The van der Waals surface area contributed by atoms with Gasteiger partial charge in [0.1, 0.15) is 0 Å². The van der Waals surface area contributed by atoms with Gasteiger partial charge >= 0.3 is 5.69 Å². The van der Waals surface area contributed by atoms with Crippen LogP contribution in [0.2, 0.25) is 0 Å². The summed E-state index contributed by atoms with van der Waals surface area (Å²) in [6, 6.07) is 7.95. The van der Waals surface area contributed by atoms with Crippen LogP contribution in [-0.4, -0.2) is 25.4 Å². The van der Waals surface area contributed by atoms with Crippen molar-refractivity contribution in [1.29, 1.82) is 0 Å². The second-order valence-electron chi connectivity index (χ2n) is 6.08. The van der Waals surface area contributed by atoms with Gasteiger partial charge in [0.25, 0.3) is 5.56 Å².